The highest BCUT2D eigenvalue weighted by atomic mass is 16.4. The lowest BCUT2D eigenvalue weighted by Crippen LogP contribution is -1.95. The van der Waals surface area contributed by atoms with E-state index >= 15 is 0 Å². The summed E-state index contributed by atoms with van der Waals surface area (Å²) in [6.07, 6.45) is 1.86. The molecule has 15 heavy (non-hydrogen) atoms. The molecule has 0 amide bonds. The molecule has 0 saturated heterocycles. The van der Waals surface area contributed by atoms with Gasteiger partial charge in [0.1, 0.15) is 0 Å². The van der Waals surface area contributed by atoms with Crippen LogP contribution >= 0.6 is 0 Å². The van der Waals surface area contributed by atoms with Crippen LogP contribution in [0.2, 0.25) is 0 Å². The van der Waals surface area contributed by atoms with Crippen LogP contribution in [-0.4, -0.2) is 11.1 Å². The number of nitrogen functional groups attached to an aromatic ring is 1. The van der Waals surface area contributed by atoms with E-state index in [4.69, 9.17) is 16.6 Å². The third-order valence-corrected chi connectivity index (χ3v) is 1.61. The van der Waals surface area contributed by atoms with Crippen LogP contribution in [-0.2, 0) is 0 Å². The van der Waals surface area contributed by atoms with E-state index < -0.39 is 5.97 Å². The van der Waals surface area contributed by atoms with Crippen molar-refractivity contribution in [2.75, 3.05) is 5.73 Å². The largest absolute Gasteiger partial charge is 0.478 e. The van der Waals surface area contributed by atoms with E-state index in [-0.39, 0.29) is 5.56 Å². The van der Waals surface area contributed by atoms with Crippen molar-refractivity contribution in [2.45, 2.75) is 13.8 Å². The van der Waals surface area contributed by atoms with Crippen molar-refractivity contribution in [3.05, 3.63) is 41.6 Å². The molecule has 0 aliphatic carbocycles. The van der Waals surface area contributed by atoms with Gasteiger partial charge >= 0.3 is 5.97 Å². The Morgan fingerprint density at radius 2 is 1.73 bits per heavy atom. The van der Waals surface area contributed by atoms with Gasteiger partial charge in [0.15, 0.2) is 0 Å². The van der Waals surface area contributed by atoms with Crippen LogP contribution in [0.25, 0.3) is 0 Å². The monoisotopic (exact) mass is 208 g/mol. The first-order valence-corrected chi connectivity index (χ1v) is 4.44. The van der Waals surface area contributed by atoms with Crippen LogP contribution in [0.5, 0.6) is 0 Å². The van der Waals surface area contributed by atoms with E-state index in [0.717, 1.165) is 5.70 Å². The minimum atomic E-state index is -0.931. The Bertz CT molecular complexity index is 338. The first-order chi connectivity index (χ1) is 6.97. The van der Waals surface area contributed by atoms with Gasteiger partial charge in [-0.2, -0.15) is 0 Å². The summed E-state index contributed by atoms with van der Waals surface area (Å²) in [5.41, 5.74) is 12.2. The SMILES string of the molecule is CC=C(C)N.Nc1ccc(C(=O)O)cc1. The van der Waals surface area contributed by atoms with Gasteiger partial charge in [0, 0.05) is 11.4 Å². The zero-order valence-electron chi connectivity index (χ0n) is 8.90. The highest BCUT2D eigenvalue weighted by molar-refractivity contribution is 5.87. The maximum atomic E-state index is 10.3. The average Bonchev–Trinajstić information content (AvgIpc) is 2.19. The Morgan fingerprint density at radius 1 is 1.33 bits per heavy atom. The van der Waals surface area contributed by atoms with Crippen molar-refractivity contribution in [1.29, 1.82) is 0 Å². The zero-order valence-corrected chi connectivity index (χ0v) is 8.90. The number of hydrogen-bond acceptors (Lipinski definition) is 3. The standard InChI is InChI=1S/C7H7NO2.C4H9N/c8-6-3-1-5(2-4-6)7(9)10;1-3-4(2)5/h1-4H,8H2,(H,9,10);3H,5H2,1-2H3. The number of benzene rings is 1. The summed E-state index contributed by atoms with van der Waals surface area (Å²) >= 11 is 0. The molecule has 0 unspecified atom stereocenters. The molecule has 0 heterocycles. The van der Waals surface area contributed by atoms with Gasteiger partial charge in [-0.15, -0.1) is 0 Å². The predicted molar refractivity (Wildman–Crippen MR) is 61.4 cm³/mol. The summed E-state index contributed by atoms with van der Waals surface area (Å²) < 4.78 is 0. The summed E-state index contributed by atoms with van der Waals surface area (Å²) in [5.74, 6) is -0.931. The Labute approximate surface area is 89.2 Å². The van der Waals surface area contributed by atoms with Gasteiger partial charge in [-0.05, 0) is 38.1 Å². The van der Waals surface area contributed by atoms with Gasteiger partial charge in [-0.1, -0.05) is 6.08 Å². The molecule has 1 rings (SSSR count). The first-order valence-electron chi connectivity index (χ1n) is 4.44. The third-order valence-electron chi connectivity index (χ3n) is 1.61. The van der Waals surface area contributed by atoms with Crippen LogP contribution < -0.4 is 11.5 Å². The fraction of sp³-hybridized carbons (Fsp3) is 0.182. The molecular formula is C11H16N2O2. The molecule has 0 saturated carbocycles. The zero-order chi connectivity index (χ0) is 11.8. The number of rotatable bonds is 1. The van der Waals surface area contributed by atoms with Crippen molar-refractivity contribution in [2.24, 2.45) is 5.73 Å². The van der Waals surface area contributed by atoms with Crippen molar-refractivity contribution in [3.8, 4) is 0 Å². The van der Waals surface area contributed by atoms with Crippen LogP contribution in [0.3, 0.4) is 0 Å². The Kier molecular flexibility index (Phi) is 5.63. The lowest BCUT2D eigenvalue weighted by molar-refractivity contribution is 0.0697. The Morgan fingerprint density at radius 3 is 2.00 bits per heavy atom. The number of anilines is 1. The molecule has 5 N–H and O–H groups in total. The van der Waals surface area contributed by atoms with Crippen molar-refractivity contribution >= 4 is 11.7 Å². The number of carbonyl (C=O) groups is 1. The molecule has 0 aliphatic heterocycles. The second-order valence-corrected chi connectivity index (χ2v) is 2.96. The minimum Gasteiger partial charge on any atom is -0.478 e. The maximum Gasteiger partial charge on any atom is 0.335 e. The molecule has 0 bridgehead atoms. The minimum absolute atomic E-state index is 0.259. The van der Waals surface area contributed by atoms with Gasteiger partial charge in [0.25, 0.3) is 0 Å². The number of aromatic carboxylic acids is 1. The van der Waals surface area contributed by atoms with E-state index in [1.54, 1.807) is 12.1 Å². The van der Waals surface area contributed by atoms with E-state index in [0.29, 0.717) is 5.69 Å². The molecule has 4 heteroatoms. The average molecular weight is 208 g/mol. The second kappa shape index (κ2) is 6.48. The molecule has 0 atom stereocenters. The summed E-state index contributed by atoms with van der Waals surface area (Å²) in [6.45, 7) is 3.77. The molecule has 0 spiro atoms. The smallest absolute Gasteiger partial charge is 0.335 e. The van der Waals surface area contributed by atoms with Crippen molar-refractivity contribution in [3.63, 3.8) is 0 Å². The molecular weight excluding hydrogens is 192 g/mol. The second-order valence-electron chi connectivity index (χ2n) is 2.96. The number of hydrogen-bond donors (Lipinski definition) is 3. The Hall–Kier alpha value is -1.97. The van der Waals surface area contributed by atoms with Crippen LogP contribution in [0.4, 0.5) is 5.69 Å². The van der Waals surface area contributed by atoms with Gasteiger partial charge in [0.05, 0.1) is 5.56 Å². The highest BCUT2D eigenvalue weighted by Crippen LogP contribution is 2.04. The molecule has 0 aromatic heterocycles. The summed E-state index contributed by atoms with van der Waals surface area (Å²) in [7, 11) is 0. The van der Waals surface area contributed by atoms with Crippen molar-refractivity contribution in [1.82, 2.24) is 0 Å². The van der Waals surface area contributed by atoms with Crippen LogP contribution in [0, 0.1) is 0 Å². The summed E-state index contributed by atoms with van der Waals surface area (Å²) in [4.78, 5) is 10.3. The fourth-order valence-electron chi connectivity index (χ4n) is 0.626. The molecule has 0 fully saturated rings. The number of allylic oxidation sites excluding steroid dienone is 2. The molecule has 82 valence electrons. The van der Waals surface area contributed by atoms with Crippen molar-refractivity contribution < 1.29 is 9.90 Å². The summed E-state index contributed by atoms with van der Waals surface area (Å²) in [5, 5.41) is 8.43. The Balaban J connectivity index is 0.000000336. The van der Waals surface area contributed by atoms with Gasteiger partial charge in [-0.3, -0.25) is 0 Å². The van der Waals surface area contributed by atoms with E-state index in [2.05, 4.69) is 0 Å². The van der Waals surface area contributed by atoms with E-state index in [1.807, 2.05) is 19.9 Å². The predicted octanol–water partition coefficient (Wildman–Crippen LogP) is 1.84. The molecule has 0 radical (unpaired) electrons. The van der Waals surface area contributed by atoms with E-state index in [9.17, 15) is 4.79 Å². The number of carboxylic acids is 1. The van der Waals surface area contributed by atoms with Crippen LogP contribution in [0.1, 0.15) is 24.2 Å². The lowest BCUT2D eigenvalue weighted by Gasteiger charge is -1.93. The molecule has 1 aromatic rings. The number of carboxylic acid groups (broad SMARTS) is 1. The quantitative estimate of drug-likeness (QED) is 0.614. The summed E-state index contributed by atoms with van der Waals surface area (Å²) in [6, 6.07) is 6.06. The molecule has 1 aromatic carbocycles. The highest BCUT2D eigenvalue weighted by Gasteiger charge is 1.98. The lowest BCUT2D eigenvalue weighted by atomic mass is 10.2. The molecule has 4 nitrogen and oxygen atoms in total. The first kappa shape index (κ1) is 13.0. The normalized spacial score (nSPS) is 10.1. The van der Waals surface area contributed by atoms with Gasteiger partial charge in [-0.25, -0.2) is 4.79 Å². The van der Waals surface area contributed by atoms with E-state index in [1.165, 1.54) is 12.1 Å². The van der Waals surface area contributed by atoms with Gasteiger partial charge in [0.2, 0.25) is 0 Å². The third kappa shape index (κ3) is 6.15. The maximum absolute atomic E-state index is 10.3. The fourth-order valence-corrected chi connectivity index (χ4v) is 0.626. The van der Waals surface area contributed by atoms with Crippen LogP contribution in [0.15, 0.2) is 36.0 Å². The van der Waals surface area contributed by atoms with Gasteiger partial charge < -0.3 is 16.6 Å². The number of nitrogens with two attached hydrogens (primary N) is 2. The molecule has 0 aliphatic rings. The topological polar surface area (TPSA) is 89.3 Å².